The van der Waals surface area contributed by atoms with Crippen LogP contribution in [0.15, 0.2) is 12.7 Å². The van der Waals surface area contributed by atoms with E-state index in [4.69, 9.17) is 23.7 Å². The third kappa shape index (κ3) is 6.55. The van der Waals surface area contributed by atoms with Gasteiger partial charge in [0.25, 0.3) is 0 Å². The predicted octanol–water partition coefficient (Wildman–Crippen LogP) is 0.0682. The second kappa shape index (κ2) is 11.8. The van der Waals surface area contributed by atoms with E-state index in [0.29, 0.717) is 11.2 Å². The van der Waals surface area contributed by atoms with Gasteiger partial charge in [-0.3, -0.25) is 23.7 Å². The zero-order chi connectivity index (χ0) is 26.2. The monoisotopic (exact) mass is 498 g/mol. The van der Waals surface area contributed by atoms with Gasteiger partial charge >= 0.3 is 23.9 Å². The number of hydrogen-bond donors (Lipinski definition) is 0. The van der Waals surface area contributed by atoms with Crippen molar-refractivity contribution in [2.45, 2.75) is 52.2 Å². The highest BCUT2D eigenvalue weighted by atomic mass is 16.7. The average molecular weight is 498 g/mol. The minimum atomic E-state index is -1.10. The number of rotatable bonds is 6. The SMILES string of the molecule is CC(=O)OCC#CC#Cc1ncnc2c1ncn2[C@@H]1O[C@H](COC(C)=O)[C@@H](OC(C)=O)[C@H]1OC(C)=O. The van der Waals surface area contributed by atoms with Gasteiger partial charge in [-0.15, -0.1) is 0 Å². The van der Waals surface area contributed by atoms with Crippen LogP contribution in [0.1, 0.15) is 39.6 Å². The summed E-state index contributed by atoms with van der Waals surface area (Å²) in [6.45, 7) is 4.56. The largest absolute Gasteiger partial charge is 0.463 e. The van der Waals surface area contributed by atoms with Crippen LogP contribution in [0.5, 0.6) is 0 Å². The molecule has 0 bridgehead atoms. The molecule has 13 heteroatoms. The molecule has 0 aliphatic carbocycles. The topological polar surface area (TPSA) is 158 Å². The Balaban J connectivity index is 1.95. The highest BCUT2D eigenvalue weighted by molar-refractivity contribution is 5.77. The summed E-state index contributed by atoms with van der Waals surface area (Å²) in [4.78, 5) is 58.4. The Morgan fingerprint density at radius 3 is 2.28 bits per heavy atom. The summed E-state index contributed by atoms with van der Waals surface area (Å²) in [5.41, 5.74) is 0.860. The van der Waals surface area contributed by atoms with Crippen LogP contribution in [0.3, 0.4) is 0 Å². The number of hydrogen-bond acceptors (Lipinski definition) is 12. The van der Waals surface area contributed by atoms with Gasteiger partial charge in [0.2, 0.25) is 0 Å². The van der Waals surface area contributed by atoms with Gasteiger partial charge < -0.3 is 23.7 Å². The van der Waals surface area contributed by atoms with Crippen molar-refractivity contribution in [1.29, 1.82) is 0 Å². The zero-order valence-corrected chi connectivity index (χ0v) is 19.8. The molecule has 0 N–H and O–H groups in total. The van der Waals surface area contributed by atoms with Crippen LogP contribution in [-0.4, -0.2) is 74.9 Å². The second-order valence-electron chi connectivity index (χ2n) is 7.39. The van der Waals surface area contributed by atoms with Gasteiger partial charge in [-0.1, -0.05) is 0 Å². The van der Waals surface area contributed by atoms with E-state index in [1.54, 1.807) is 0 Å². The van der Waals surface area contributed by atoms with E-state index >= 15 is 0 Å². The van der Waals surface area contributed by atoms with Gasteiger partial charge in [0.15, 0.2) is 30.7 Å². The van der Waals surface area contributed by atoms with Crippen molar-refractivity contribution in [3.63, 3.8) is 0 Å². The average Bonchev–Trinajstić information content (AvgIpc) is 3.36. The first kappa shape index (κ1) is 26.1. The Kier molecular flexibility index (Phi) is 8.54. The third-order valence-corrected chi connectivity index (χ3v) is 4.65. The summed E-state index contributed by atoms with van der Waals surface area (Å²) in [6.07, 6.45) is -1.48. The zero-order valence-electron chi connectivity index (χ0n) is 19.8. The lowest BCUT2D eigenvalue weighted by atomic mass is 10.1. The van der Waals surface area contributed by atoms with Crippen LogP contribution in [-0.2, 0) is 42.9 Å². The molecule has 0 aromatic carbocycles. The molecule has 3 rings (SSSR count). The molecule has 1 aliphatic heterocycles. The maximum Gasteiger partial charge on any atom is 0.303 e. The molecular formula is C23H22N4O9. The molecule has 3 heterocycles. The van der Waals surface area contributed by atoms with Crippen molar-refractivity contribution in [3.8, 4) is 23.7 Å². The van der Waals surface area contributed by atoms with E-state index < -0.39 is 48.4 Å². The lowest BCUT2D eigenvalue weighted by Gasteiger charge is -2.23. The summed E-state index contributed by atoms with van der Waals surface area (Å²) in [5.74, 6) is 8.17. The van der Waals surface area contributed by atoms with E-state index in [2.05, 4.69) is 38.6 Å². The molecule has 1 aliphatic rings. The normalized spacial score (nSPS) is 20.3. The smallest absolute Gasteiger partial charge is 0.303 e. The van der Waals surface area contributed by atoms with Crippen LogP contribution in [0.2, 0.25) is 0 Å². The van der Waals surface area contributed by atoms with E-state index in [9.17, 15) is 19.2 Å². The summed E-state index contributed by atoms with van der Waals surface area (Å²) >= 11 is 0. The number of carbonyl (C=O) groups excluding carboxylic acids is 4. The molecule has 36 heavy (non-hydrogen) atoms. The molecule has 0 amide bonds. The highest BCUT2D eigenvalue weighted by Gasteiger charge is 2.51. The lowest BCUT2D eigenvalue weighted by Crippen LogP contribution is -2.40. The van der Waals surface area contributed by atoms with E-state index in [-0.39, 0.29) is 18.9 Å². The fraction of sp³-hybridized carbons (Fsp3) is 0.435. The van der Waals surface area contributed by atoms with Crippen molar-refractivity contribution in [1.82, 2.24) is 19.5 Å². The van der Waals surface area contributed by atoms with Crippen LogP contribution in [0.4, 0.5) is 0 Å². The molecular weight excluding hydrogens is 476 g/mol. The molecule has 2 aromatic rings. The van der Waals surface area contributed by atoms with E-state index in [1.807, 2.05) is 0 Å². The van der Waals surface area contributed by atoms with Crippen molar-refractivity contribution in [3.05, 3.63) is 18.3 Å². The first-order chi connectivity index (χ1) is 17.2. The number of carbonyl (C=O) groups is 4. The van der Waals surface area contributed by atoms with Gasteiger partial charge in [-0.25, -0.2) is 15.0 Å². The number of nitrogens with zero attached hydrogens (tertiary/aromatic N) is 4. The summed E-state index contributed by atoms with van der Waals surface area (Å²) in [5, 5.41) is 0. The van der Waals surface area contributed by atoms with E-state index in [0.717, 1.165) is 0 Å². The van der Waals surface area contributed by atoms with Crippen LogP contribution in [0.25, 0.3) is 11.2 Å². The Morgan fingerprint density at radius 1 is 0.917 bits per heavy atom. The molecule has 4 atom stereocenters. The summed E-state index contributed by atoms with van der Waals surface area (Å²) in [6, 6.07) is 0. The fourth-order valence-corrected chi connectivity index (χ4v) is 3.35. The molecule has 0 unspecified atom stereocenters. The molecule has 188 valence electrons. The maximum absolute atomic E-state index is 11.9. The van der Waals surface area contributed by atoms with Crippen molar-refractivity contribution >= 4 is 35.0 Å². The predicted molar refractivity (Wildman–Crippen MR) is 118 cm³/mol. The van der Waals surface area contributed by atoms with E-state index in [1.165, 1.54) is 44.9 Å². The molecule has 1 fully saturated rings. The molecule has 13 nitrogen and oxygen atoms in total. The summed E-state index contributed by atoms with van der Waals surface area (Å²) in [7, 11) is 0. The quantitative estimate of drug-likeness (QED) is 0.300. The van der Waals surface area contributed by atoms with Gasteiger partial charge in [0, 0.05) is 27.7 Å². The number of fused-ring (bicyclic) bond motifs is 1. The fourth-order valence-electron chi connectivity index (χ4n) is 3.35. The van der Waals surface area contributed by atoms with Crippen LogP contribution >= 0.6 is 0 Å². The minimum absolute atomic E-state index is 0.0909. The molecule has 1 saturated heterocycles. The van der Waals surface area contributed by atoms with Gasteiger partial charge in [-0.2, -0.15) is 0 Å². The minimum Gasteiger partial charge on any atom is -0.463 e. The van der Waals surface area contributed by atoms with Gasteiger partial charge in [0.05, 0.1) is 6.33 Å². The van der Waals surface area contributed by atoms with Gasteiger partial charge in [-0.05, 0) is 23.7 Å². The standard InChI is InChI=1S/C23H22N4O9/c1-13(28)32-9-7-5-6-8-17-19-22(25-11-24-17)27(12-26-19)23-21(35-16(4)31)20(34-15(3)30)18(36-23)10-33-14(2)29/h11-12,18,20-21,23H,9-10H2,1-4H3/t18-,20-,21-,23-/m1/s1. The van der Waals surface area contributed by atoms with Crippen LogP contribution in [0, 0.1) is 23.7 Å². The van der Waals surface area contributed by atoms with Crippen molar-refractivity contribution in [2.24, 2.45) is 0 Å². The number of esters is 4. The second-order valence-corrected chi connectivity index (χ2v) is 7.39. The highest BCUT2D eigenvalue weighted by Crippen LogP contribution is 2.36. The molecule has 0 radical (unpaired) electrons. The summed E-state index contributed by atoms with van der Waals surface area (Å²) < 4.78 is 28.0. The first-order valence-electron chi connectivity index (χ1n) is 10.6. The van der Waals surface area contributed by atoms with Crippen molar-refractivity contribution < 1.29 is 42.9 Å². The molecule has 0 saturated carbocycles. The number of aromatic nitrogens is 4. The number of ether oxygens (including phenoxy) is 5. The third-order valence-electron chi connectivity index (χ3n) is 4.65. The molecule has 2 aromatic heterocycles. The Labute approximate surface area is 205 Å². The maximum atomic E-state index is 11.9. The first-order valence-corrected chi connectivity index (χ1v) is 10.6. The Morgan fingerprint density at radius 2 is 1.61 bits per heavy atom. The Hall–Kier alpha value is -4.49. The number of imidazole rings is 1. The van der Waals surface area contributed by atoms with Gasteiger partial charge in [0.1, 0.15) is 30.2 Å². The van der Waals surface area contributed by atoms with Crippen LogP contribution < -0.4 is 0 Å². The lowest BCUT2D eigenvalue weighted by molar-refractivity contribution is -0.166. The Bertz CT molecular complexity index is 1300. The molecule has 0 spiro atoms. The van der Waals surface area contributed by atoms with Crippen molar-refractivity contribution in [2.75, 3.05) is 13.2 Å².